The number of amides is 1. The van der Waals surface area contributed by atoms with Gasteiger partial charge in [-0.2, -0.15) is 5.10 Å². The van der Waals surface area contributed by atoms with Crippen LogP contribution in [0.15, 0.2) is 47.5 Å². The van der Waals surface area contributed by atoms with Gasteiger partial charge in [0.2, 0.25) is 5.91 Å². The number of carbonyl (C=O) groups excluding carboxylic acids is 1. The van der Waals surface area contributed by atoms with Crippen LogP contribution >= 0.6 is 11.8 Å². The van der Waals surface area contributed by atoms with Crippen molar-refractivity contribution in [1.29, 1.82) is 0 Å². The van der Waals surface area contributed by atoms with E-state index in [9.17, 15) is 4.79 Å². The van der Waals surface area contributed by atoms with Gasteiger partial charge in [0.15, 0.2) is 0 Å². The fourth-order valence-electron chi connectivity index (χ4n) is 3.15. The number of benzene rings is 1. The van der Waals surface area contributed by atoms with Crippen molar-refractivity contribution < 1.29 is 9.90 Å². The molecule has 0 bridgehead atoms. The number of aliphatic hydroxyl groups excluding tert-OH is 1. The summed E-state index contributed by atoms with van der Waals surface area (Å²) in [5, 5.41) is 13.4. The predicted molar refractivity (Wildman–Crippen MR) is 95.0 cm³/mol. The normalized spacial score (nSPS) is 15.6. The van der Waals surface area contributed by atoms with Crippen molar-refractivity contribution in [3.63, 3.8) is 0 Å². The summed E-state index contributed by atoms with van der Waals surface area (Å²) in [6.07, 6.45) is 3.71. The molecule has 1 aliphatic rings. The molecule has 24 heavy (non-hydrogen) atoms. The Morgan fingerprint density at radius 2 is 1.96 bits per heavy atom. The largest absolute Gasteiger partial charge is 0.394 e. The zero-order valence-corrected chi connectivity index (χ0v) is 14.5. The number of thioether (sulfide) groups is 1. The number of aromatic nitrogens is 2. The number of hydrogen-bond acceptors (Lipinski definition) is 4. The first-order chi connectivity index (χ1) is 11.8. The van der Waals surface area contributed by atoms with E-state index in [1.807, 2.05) is 46.0 Å². The lowest BCUT2D eigenvalue weighted by molar-refractivity contribution is -0.129. The minimum atomic E-state index is 0.0999. The van der Waals surface area contributed by atoms with Gasteiger partial charge in [-0.15, -0.1) is 11.8 Å². The third-order valence-electron chi connectivity index (χ3n) is 4.43. The second kappa shape index (κ2) is 8.35. The molecule has 1 aliphatic heterocycles. The lowest BCUT2D eigenvalue weighted by atomic mass is 9.93. The lowest BCUT2D eigenvalue weighted by Crippen LogP contribution is -2.39. The van der Waals surface area contributed by atoms with E-state index in [4.69, 9.17) is 5.11 Å². The molecule has 128 valence electrons. The summed E-state index contributed by atoms with van der Waals surface area (Å²) >= 11 is 1.60. The number of nitrogens with zero attached hydrogens (tertiary/aromatic N) is 3. The van der Waals surface area contributed by atoms with Crippen molar-refractivity contribution in [2.24, 2.45) is 0 Å². The summed E-state index contributed by atoms with van der Waals surface area (Å²) in [5.41, 5.74) is 1.18. The molecule has 1 saturated heterocycles. The fourth-order valence-corrected chi connectivity index (χ4v) is 3.97. The Morgan fingerprint density at radius 3 is 2.67 bits per heavy atom. The maximum absolute atomic E-state index is 12.4. The van der Waals surface area contributed by atoms with Crippen LogP contribution in [0.5, 0.6) is 0 Å². The van der Waals surface area contributed by atoms with Gasteiger partial charge in [0.05, 0.1) is 18.9 Å². The van der Waals surface area contributed by atoms with E-state index in [1.165, 1.54) is 5.69 Å². The molecule has 1 N–H and O–H groups in total. The molecule has 3 rings (SSSR count). The Bertz CT molecular complexity index is 651. The number of carbonyl (C=O) groups is 1. The molecule has 0 saturated carbocycles. The Labute approximate surface area is 146 Å². The summed E-state index contributed by atoms with van der Waals surface area (Å²) in [4.78, 5) is 15.5. The van der Waals surface area contributed by atoms with Gasteiger partial charge in [-0.3, -0.25) is 9.48 Å². The standard InChI is InChI=1S/C18H23N3O2S/c22-13-12-21-17(6-9-19-21)15-7-10-20(11-8-15)18(23)14-24-16-4-2-1-3-5-16/h1-6,9,15,22H,7-8,10-14H2. The van der Waals surface area contributed by atoms with Crippen LogP contribution in [-0.4, -0.2) is 51.1 Å². The fraction of sp³-hybridized carbons (Fsp3) is 0.444. The molecule has 1 aromatic carbocycles. The number of piperidine rings is 1. The molecule has 1 fully saturated rings. The van der Waals surface area contributed by atoms with Crippen molar-refractivity contribution in [2.45, 2.75) is 30.2 Å². The SMILES string of the molecule is O=C(CSc1ccccc1)N1CCC(c2ccnn2CCO)CC1. The quantitative estimate of drug-likeness (QED) is 0.817. The number of aliphatic hydroxyl groups is 1. The van der Waals surface area contributed by atoms with E-state index in [2.05, 4.69) is 5.10 Å². The first-order valence-corrected chi connectivity index (χ1v) is 9.34. The monoisotopic (exact) mass is 345 g/mol. The molecular formula is C18H23N3O2S. The van der Waals surface area contributed by atoms with Gasteiger partial charge in [-0.05, 0) is 31.0 Å². The average Bonchev–Trinajstić information content (AvgIpc) is 3.09. The summed E-state index contributed by atoms with van der Waals surface area (Å²) in [6.45, 7) is 2.23. The molecule has 0 spiro atoms. The Balaban J connectivity index is 1.49. The van der Waals surface area contributed by atoms with Crippen molar-refractivity contribution >= 4 is 17.7 Å². The summed E-state index contributed by atoms with van der Waals surface area (Å²) < 4.78 is 1.88. The van der Waals surface area contributed by atoms with Crippen molar-refractivity contribution in [1.82, 2.24) is 14.7 Å². The Morgan fingerprint density at radius 1 is 1.21 bits per heavy atom. The highest BCUT2D eigenvalue weighted by atomic mass is 32.2. The van der Waals surface area contributed by atoms with Crippen LogP contribution in [0.4, 0.5) is 0 Å². The molecule has 0 radical (unpaired) electrons. The zero-order valence-electron chi connectivity index (χ0n) is 13.7. The summed E-state index contributed by atoms with van der Waals surface area (Å²) in [5.74, 6) is 1.13. The third kappa shape index (κ3) is 4.19. The minimum absolute atomic E-state index is 0.0999. The zero-order chi connectivity index (χ0) is 16.8. The lowest BCUT2D eigenvalue weighted by Gasteiger charge is -2.32. The van der Waals surface area contributed by atoms with Gasteiger partial charge < -0.3 is 10.0 Å². The number of hydrogen-bond donors (Lipinski definition) is 1. The van der Waals surface area contributed by atoms with E-state index in [-0.39, 0.29) is 12.5 Å². The average molecular weight is 345 g/mol. The molecule has 5 nitrogen and oxygen atoms in total. The number of likely N-dealkylation sites (tertiary alicyclic amines) is 1. The highest BCUT2D eigenvalue weighted by molar-refractivity contribution is 8.00. The Hall–Kier alpha value is -1.79. The van der Waals surface area contributed by atoms with Crippen molar-refractivity contribution in [3.05, 3.63) is 48.3 Å². The molecule has 2 aromatic rings. The van der Waals surface area contributed by atoms with Crippen molar-refractivity contribution in [3.8, 4) is 0 Å². The molecule has 2 heterocycles. The van der Waals surface area contributed by atoms with Crippen LogP contribution in [0.25, 0.3) is 0 Å². The highest BCUT2D eigenvalue weighted by Gasteiger charge is 2.25. The second-order valence-electron chi connectivity index (χ2n) is 5.96. The van der Waals surface area contributed by atoms with Gasteiger partial charge in [-0.25, -0.2) is 0 Å². The molecule has 0 atom stereocenters. The Kier molecular flexibility index (Phi) is 5.93. The van der Waals surface area contributed by atoms with Gasteiger partial charge in [-0.1, -0.05) is 18.2 Å². The molecule has 1 aromatic heterocycles. The molecule has 1 amide bonds. The second-order valence-corrected chi connectivity index (χ2v) is 7.01. The molecule has 0 unspecified atom stereocenters. The maximum Gasteiger partial charge on any atom is 0.232 e. The van der Waals surface area contributed by atoms with E-state index < -0.39 is 0 Å². The van der Waals surface area contributed by atoms with E-state index in [0.29, 0.717) is 18.2 Å². The highest BCUT2D eigenvalue weighted by Crippen LogP contribution is 2.28. The molecule has 0 aliphatic carbocycles. The van der Waals surface area contributed by atoms with Crippen molar-refractivity contribution in [2.75, 3.05) is 25.4 Å². The van der Waals surface area contributed by atoms with Crippen LogP contribution in [0, 0.1) is 0 Å². The van der Waals surface area contributed by atoms with Gasteiger partial charge in [0, 0.05) is 35.8 Å². The van der Waals surface area contributed by atoms with Crippen LogP contribution in [0.2, 0.25) is 0 Å². The predicted octanol–water partition coefficient (Wildman–Crippen LogP) is 2.37. The van der Waals surface area contributed by atoms with Crippen LogP contribution < -0.4 is 0 Å². The third-order valence-corrected chi connectivity index (χ3v) is 5.43. The first-order valence-electron chi connectivity index (χ1n) is 8.36. The first kappa shape index (κ1) is 17.0. The summed E-state index contributed by atoms with van der Waals surface area (Å²) in [7, 11) is 0. The maximum atomic E-state index is 12.4. The molecular weight excluding hydrogens is 322 g/mol. The van der Waals surface area contributed by atoms with E-state index >= 15 is 0 Å². The number of rotatable bonds is 6. The topological polar surface area (TPSA) is 58.4 Å². The summed E-state index contributed by atoms with van der Waals surface area (Å²) in [6, 6.07) is 12.1. The van der Waals surface area contributed by atoms with Gasteiger partial charge in [0.1, 0.15) is 0 Å². The van der Waals surface area contributed by atoms with Crippen LogP contribution in [0.3, 0.4) is 0 Å². The molecule has 6 heteroatoms. The van der Waals surface area contributed by atoms with Crippen LogP contribution in [0.1, 0.15) is 24.5 Å². The van der Waals surface area contributed by atoms with Gasteiger partial charge >= 0.3 is 0 Å². The van der Waals surface area contributed by atoms with Crippen LogP contribution in [-0.2, 0) is 11.3 Å². The van der Waals surface area contributed by atoms with Gasteiger partial charge in [0.25, 0.3) is 0 Å². The van der Waals surface area contributed by atoms with E-state index in [1.54, 1.807) is 18.0 Å². The smallest absolute Gasteiger partial charge is 0.232 e. The minimum Gasteiger partial charge on any atom is -0.394 e. The van der Waals surface area contributed by atoms with E-state index in [0.717, 1.165) is 30.8 Å².